The molecule has 0 aromatic heterocycles. The maximum Gasteiger partial charge on any atom is 0.137 e. The normalized spacial score (nSPS) is 15.0. The first-order chi connectivity index (χ1) is 13.3. The summed E-state index contributed by atoms with van der Waals surface area (Å²) in [5.74, 6) is 1.70. The van der Waals surface area contributed by atoms with Gasteiger partial charge in [0.25, 0.3) is 0 Å². The lowest BCUT2D eigenvalue weighted by atomic mass is 9.85. The first kappa shape index (κ1) is 20.3. The fraction of sp³-hybridized carbons (Fsp3) is 0.480. The molecule has 145 valence electrons. The van der Waals surface area contributed by atoms with Crippen molar-refractivity contribution in [2.24, 2.45) is 5.92 Å². The molecule has 1 radical (unpaired) electrons. The molecule has 0 bridgehead atoms. The molecule has 0 aliphatic heterocycles. The van der Waals surface area contributed by atoms with Gasteiger partial charge < -0.3 is 4.74 Å². The zero-order valence-corrected chi connectivity index (χ0v) is 17.3. The van der Waals surface area contributed by atoms with E-state index in [2.05, 4.69) is 43.7 Å². The highest BCUT2D eigenvalue weighted by molar-refractivity contribution is 6.32. The second-order valence-electron chi connectivity index (χ2n) is 7.75. The van der Waals surface area contributed by atoms with Crippen LogP contribution in [0.15, 0.2) is 42.5 Å². The predicted octanol–water partition coefficient (Wildman–Crippen LogP) is 7.90. The average Bonchev–Trinajstić information content (AvgIpc) is 2.72. The summed E-state index contributed by atoms with van der Waals surface area (Å²) in [6.45, 7) is 2.93. The van der Waals surface area contributed by atoms with Gasteiger partial charge in [-0.2, -0.15) is 0 Å². The van der Waals surface area contributed by atoms with Crippen LogP contribution < -0.4 is 4.74 Å². The zero-order valence-electron chi connectivity index (χ0n) is 16.6. The molecule has 2 heteroatoms. The van der Waals surface area contributed by atoms with E-state index in [9.17, 15) is 0 Å². The predicted molar refractivity (Wildman–Crippen MR) is 116 cm³/mol. The molecule has 0 atom stereocenters. The van der Waals surface area contributed by atoms with Crippen LogP contribution in [0, 0.1) is 12.3 Å². The minimum Gasteiger partial charge on any atom is -0.492 e. The highest BCUT2D eigenvalue weighted by atomic mass is 35.5. The van der Waals surface area contributed by atoms with Crippen molar-refractivity contribution in [1.29, 1.82) is 0 Å². The molecule has 1 fully saturated rings. The van der Waals surface area contributed by atoms with Gasteiger partial charge in [-0.3, -0.25) is 0 Å². The molecule has 0 spiro atoms. The van der Waals surface area contributed by atoms with Crippen LogP contribution >= 0.6 is 11.6 Å². The Labute approximate surface area is 170 Å². The van der Waals surface area contributed by atoms with Gasteiger partial charge in [0.1, 0.15) is 5.75 Å². The van der Waals surface area contributed by atoms with Crippen LogP contribution in [0.5, 0.6) is 5.75 Å². The first-order valence-corrected chi connectivity index (χ1v) is 11.0. The van der Waals surface area contributed by atoms with E-state index in [0.29, 0.717) is 5.02 Å². The van der Waals surface area contributed by atoms with E-state index < -0.39 is 0 Å². The van der Waals surface area contributed by atoms with Crippen LogP contribution in [-0.4, -0.2) is 6.61 Å². The van der Waals surface area contributed by atoms with Crippen molar-refractivity contribution in [3.63, 3.8) is 0 Å². The summed E-state index contributed by atoms with van der Waals surface area (Å²) in [6, 6.07) is 15.1. The Kier molecular flexibility index (Phi) is 8.08. The van der Waals surface area contributed by atoms with Gasteiger partial charge in [0.2, 0.25) is 0 Å². The number of aryl methyl sites for hydroxylation is 1. The number of rotatable bonds is 9. The van der Waals surface area contributed by atoms with E-state index in [4.69, 9.17) is 16.3 Å². The molecule has 0 saturated heterocycles. The number of benzene rings is 2. The summed E-state index contributed by atoms with van der Waals surface area (Å²) >= 11 is 6.43. The molecular weight excluding hydrogens is 352 g/mol. The van der Waals surface area contributed by atoms with Gasteiger partial charge >= 0.3 is 0 Å². The fourth-order valence-electron chi connectivity index (χ4n) is 3.85. The number of hydrogen-bond donors (Lipinski definition) is 0. The lowest BCUT2D eigenvalue weighted by Gasteiger charge is -2.21. The lowest BCUT2D eigenvalue weighted by Crippen LogP contribution is -2.07. The summed E-state index contributed by atoms with van der Waals surface area (Å²) in [7, 11) is 0. The quantitative estimate of drug-likeness (QED) is 0.400. The van der Waals surface area contributed by atoms with Gasteiger partial charge in [-0.25, -0.2) is 0 Å². The van der Waals surface area contributed by atoms with E-state index in [1.165, 1.54) is 62.5 Å². The molecule has 1 saturated carbocycles. The first-order valence-electron chi connectivity index (χ1n) is 10.6. The SMILES string of the molecule is CCCCCOc1ccc(-c2ccc(CCC3CC[CH]CC3)cc2)cc1Cl. The van der Waals surface area contributed by atoms with E-state index in [0.717, 1.165) is 30.3 Å². The van der Waals surface area contributed by atoms with Crippen molar-refractivity contribution in [3.05, 3.63) is 59.5 Å². The van der Waals surface area contributed by atoms with Crippen molar-refractivity contribution in [2.45, 2.75) is 64.7 Å². The minimum absolute atomic E-state index is 0.696. The molecular formula is C25H32ClO. The highest BCUT2D eigenvalue weighted by Crippen LogP contribution is 2.31. The van der Waals surface area contributed by atoms with Gasteiger partial charge in [-0.15, -0.1) is 0 Å². The number of unbranched alkanes of at least 4 members (excludes halogenated alkanes) is 2. The second-order valence-corrected chi connectivity index (χ2v) is 8.15. The molecule has 2 aromatic carbocycles. The van der Waals surface area contributed by atoms with Gasteiger partial charge in [0.05, 0.1) is 11.6 Å². The molecule has 1 aliphatic rings. The molecule has 2 aromatic rings. The van der Waals surface area contributed by atoms with Crippen molar-refractivity contribution in [3.8, 4) is 16.9 Å². The Morgan fingerprint density at radius 1 is 0.963 bits per heavy atom. The molecule has 1 nitrogen and oxygen atoms in total. The summed E-state index contributed by atoms with van der Waals surface area (Å²) in [5.41, 5.74) is 3.80. The largest absolute Gasteiger partial charge is 0.492 e. The third kappa shape index (κ3) is 6.28. The van der Waals surface area contributed by atoms with E-state index >= 15 is 0 Å². The third-order valence-corrected chi connectivity index (χ3v) is 5.92. The molecule has 0 amide bonds. The van der Waals surface area contributed by atoms with Crippen LogP contribution in [0.3, 0.4) is 0 Å². The van der Waals surface area contributed by atoms with E-state index in [-0.39, 0.29) is 0 Å². The molecule has 0 unspecified atom stereocenters. The standard InChI is InChI=1S/C25H32ClO/c1-2-3-7-18-27-25-17-16-23(19-24(25)26)22-14-12-21(13-15-22)11-10-20-8-5-4-6-9-20/h4,12-17,19-20H,2-3,5-11,18H2,1H3. The highest BCUT2D eigenvalue weighted by Gasteiger charge is 2.13. The lowest BCUT2D eigenvalue weighted by molar-refractivity contribution is 0.306. The molecule has 0 N–H and O–H groups in total. The Bertz CT molecular complexity index is 686. The molecule has 0 heterocycles. The second kappa shape index (κ2) is 10.8. The van der Waals surface area contributed by atoms with Crippen molar-refractivity contribution >= 4 is 11.6 Å². The third-order valence-electron chi connectivity index (χ3n) is 5.62. The Hall–Kier alpha value is -1.47. The Balaban J connectivity index is 1.55. The van der Waals surface area contributed by atoms with Crippen molar-refractivity contribution in [2.75, 3.05) is 6.61 Å². The van der Waals surface area contributed by atoms with Crippen LogP contribution in [-0.2, 0) is 6.42 Å². The summed E-state index contributed by atoms with van der Waals surface area (Å²) < 4.78 is 5.80. The number of ether oxygens (including phenoxy) is 1. The maximum atomic E-state index is 6.43. The maximum absolute atomic E-state index is 6.43. The summed E-state index contributed by atoms with van der Waals surface area (Å²) in [5, 5.41) is 0.696. The van der Waals surface area contributed by atoms with Gasteiger partial charge in [-0.05, 0) is 73.3 Å². The number of hydrogen-bond acceptors (Lipinski definition) is 1. The average molecular weight is 384 g/mol. The van der Waals surface area contributed by atoms with Crippen LogP contribution in [0.25, 0.3) is 11.1 Å². The Morgan fingerprint density at radius 3 is 2.41 bits per heavy atom. The van der Waals surface area contributed by atoms with Gasteiger partial charge in [0.15, 0.2) is 0 Å². The monoisotopic (exact) mass is 383 g/mol. The van der Waals surface area contributed by atoms with Crippen LogP contribution in [0.4, 0.5) is 0 Å². The molecule has 3 rings (SSSR count). The fourth-order valence-corrected chi connectivity index (χ4v) is 4.09. The number of halogens is 1. The van der Waals surface area contributed by atoms with Crippen molar-refractivity contribution < 1.29 is 4.74 Å². The van der Waals surface area contributed by atoms with Gasteiger partial charge in [-0.1, -0.05) is 74.5 Å². The Morgan fingerprint density at radius 2 is 1.70 bits per heavy atom. The van der Waals surface area contributed by atoms with Crippen LogP contribution in [0.2, 0.25) is 5.02 Å². The summed E-state index contributed by atoms with van der Waals surface area (Å²) in [4.78, 5) is 0. The van der Waals surface area contributed by atoms with Crippen molar-refractivity contribution in [1.82, 2.24) is 0 Å². The topological polar surface area (TPSA) is 9.23 Å². The van der Waals surface area contributed by atoms with E-state index in [1.807, 2.05) is 12.1 Å². The van der Waals surface area contributed by atoms with E-state index in [1.54, 1.807) is 0 Å². The van der Waals surface area contributed by atoms with Crippen LogP contribution in [0.1, 0.15) is 63.9 Å². The molecule has 1 aliphatic carbocycles. The summed E-state index contributed by atoms with van der Waals surface area (Å²) in [6.07, 6.45) is 13.8. The zero-order chi connectivity index (χ0) is 18.9. The van der Waals surface area contributed by atoms with Gasteiger partial charge in [0, 0.05) is 0 Å². The molecule has 27 heavy (non-hydrogen) atoms. The smallest absolute Gasteiger partial charge is 0.137 e. The minimum atomic E-state index is 0.696.